The third kappa shape index (κ3) is 2.27. The fraction of sp³-hybridized carbons (Fsp3) is 0.571. The molecule has 1 aromatic heterocycles. The first-order chi connectivity index (χ1) is 5.74. The van der Waals surface area contributed by atoms with Gasteiger partial charge in [0, 0.05) is 12.4 Å². The summed E-state index contributed by atoms with van der Waals surface area (Å²) in [6.07, 6.45) is 0.753. The first-order valence-electron chi connectivity index (χ1n) is 3.66. The maximum absolute atomic E-state index is 11.9. The molecule has 5 heteroatoms. The number of hydrogen-bond donors (Lipinski definition) is 1. The number of halogens is 2. The van der Waals surface area contributed by atoms with Crippen molar-refractivity contribution in [3.8, 4) is 0 Å². The Bertz CT molecular complexity index is 234. The molecular formula is C7H11F2N3. The topological polar surface area (TPSA) is 29.9 Å². The van der Waals surface area contributed by atoms with E-state index in [0.717, 1.165) is 0 Å². The summed E-state index contributed by atoms with van der Waals surface area (Å²) >= 11 is 0. The Morgan fingerprint density at radius 1 is 1.67 bits per heavy atom. The van der Waals surface area contributed by atoms with Crippen LogP contribution in [0.3, 0.4) is 0 Å². The fourth-order valence-electron chi connectivity index (χ4n) is 0.980. The molecule has 68 valence electrons. The smallest absolute Gasteiger partial charge is 0.256 e. The molecule has 0 unspecified atom stereocenters. The van der Waals surface area contributed by atoms with Crippen molar-refractivity contribution in [2.45, 2.75) is 19.5 Å². The van der Waals surface area contributed by atoms with Gasteiger partial charge in [0.05, 0.1) is 13.1 Å². The van der Waals surface area contributed by atoms with Crippen molar-refractivity contribution in [2.75, 3.05) is 7.05 Å². The molecule has 0 spiro atoms. The van der Waals surface area contributed by atoms with Gasteiger partial charge < -0.3 is 9.88 Å². The average Bonchev–Trinajstić information content (AvgIpc) is 2.37. The Balaban J connectivity index is 2.63. The number of hydrogen-bond acceptors (Lipinski definition) is 2. The van der Waals surface area contributed by atoms with E-state index >= 15 is 0 Å². The molecule has 0 aliphatic carbocycles. The molecule has 0 atom stereocenters. The molecular weight excluding hydrogens is 164 g/mol. The van der Waals surface area contributed by atoms with Crippen LogP contribution in [-0.4, -0.2) is 23.0 Å². The summed E-state index contributed by atoms with van der Waals surface area (Å²) in [5.41, 5.74) is 0. The van der Waals surface area contributed by atoms with Crippen LogP contribution >= 0.6 is 0 Å². The molecule has 0 saturated carbocycles. The van der Waals surface area contributed by atoms with Gasteiger partial charge in [0.15, 0.2) is 0 Å². The summed E-state index contributed by atoms with van der Waals surface area (Å²) in [5.74, 6) is 0.637. The van der Waals surface area contributed by atoms with Gasteiger partial charge in [-0.05, 0) is 7.05 Å². The van der Waals surface area contributed by atoms with Gasteiger partial charge in [-0.2, -0.15) is 0 Å². The van der Waals surface area contributed by atoms with E-state index in [4.69, 9.17) is 0 Å². The fourth-order valence-corrected chi connectivity index (χ4v) is 0.980. The lowest BCUT2D eigenvalue weighted by atomic mass is 10.5. The molecule has 0 saturated heterocycles. The molecule has 0 bridgehead atoms. The van der Waals surface area contributed by atoms with Crippen LogP contribution in [0.15, 0.2) is 12.4 Å². The predicted molar refractivity (Wildman–Crippen MR) is 41.0 cm³/mol. The highest BCUT2D eigenvalue weighted by atomic mass is 19.3. The van der Waals surface area contributed by atoms with E-state index in [0.29, 0.717) is 12.4 Å². The minimum Gasteiger partial charge on any atom is -0.328 e. The molecule has 1 rings (SSSR count). The molecule has 1 N–H and O–H groups in total. The SMILES string of the molecule is CNCc1nccn1CC(F)F. The highest BCUT2D eigenvalue weighted by molar-refractivity contribution is 4.91. The van der Waals surface area contributed by atoms with Crippen LogP contribution in [0.5, 0.6) is 0 Å². The molecule has 0 aliphatic rings. The lowest BCUT2D eigenvalue weighted by Gasteiger charge is -2.05. The second-order valence-corrected chi connectivity index (χ2v) is 2.42. The molecule has 1 aromatic rings. The van der Waals surface area contributed by atoms with Gasteiger partial charge in [0.1, 0.15) is 5.82 Å². The monoisotopic (exact) mass is 175 g/mol. The summed E-state index contributed by atoms with van der Waals surface area (Å²) in [6, 6.07) is 0. The molecule has 3 nitrogen and oxygen atoms in total. The van der Waals surface area contributed by atoms with E-state index < -0.39 is 6.43 Å². The number of aromatic nitrogens is 2. The molecule has 1 heterocycles. The zero-order valence-electron chi connectivity index (χ0n) is 6.80. The predicted octanol–water partition coefficient (Wildman–Crippen LogP) is 0.868. The van der Waals surface area contributed by atoms with E-state index in [-0.39, 0.29) is 6.54 Å². The molecule has 0 aliphatic heterocycles. The van der Waals surface area contributed by atoms with Crippen molar-refractivity contribution in [1.29, 1.82) is 0 Å². The Kier molecular flexibility index (Phi) is 3.16. The minimum atomic E-state index is -2.32. The van der Waals surface area contributed by atoms with Crippen molar-refractivity contribution in [2.24, 2.45) is 0 Å². The van der Waals surface area contributed by atoms with E-state index in [2.05, 4.69) is 10.3 Å². The lowest BCUT2D eigenvalue weighted by molar-refractivity contribution is 0.125. The zero-order valence-corrected chi connectivity index (χ0v) is 6.80. The quantitative estimate of drug-likeness (QED) is 0.735. The van der Waals surface area contributed by atoms with Crippen LogP contribution in [0.2, 0.25) is 0 Å². The van der Waals surface area contributed by atoms with Crippen molar-refractivity contribution in [3.63, 3.8) is 0 Å². The van der Waals surface area contributed by atoms with E-state index in [1.807, 2.05) is 0 Å². The second-order valence-electron chi connectivity index (χ2n) is 2.42. The molecule has 12 heavy (non-hydrogen) atoms. The van der Waals surface area contributed by atoms with Gasteiger partial charge in [0.25, 0.3) is 6.43 Å². The minimum absolute atomic E-state index is 0.281. The summed E-state index contributed by atoms with van der Waals surface area (Å²) < 4.78 is 25.3. The number of nitrogens with one attached hydrogen (secondary N) is 1. The average molecular weight is 175 g/mol. The summed E-state index contributed by atoms with van der Waals surface area (Å²) in [6.45, 7) is 0.233. The van der Waals surface area contributed by atoms with E-state index in [1.54, 1.807) is 13.2 Å². The van der Waals surface area contributed by atoms with Crippen molar-refractivity contribution >= 4 is 0 Å². The second kappa shape index (κ2) is 4.15. The number of nitrogens with zero attached hydrogens (tertiary/aromatic N) is 2. The Morgan fingerprint density at radius 2 is 2.42 bits per heavy atom. The summed E-state index contributed by atoms with van der Waals surface area (Å²) in [5, 5.41) is 2.86. The van der Waals surface area contributed by atoms with Crippen LogP contribution in [0.1, 0.15) is 5.82 Å². The summed E-state index contributed by atoms with van der Waals surface area (Å²) in [7, 11) is 1.75. The number of rotatable bonds is 4. The summed E-state index contributed by atoms with van der Waals surface area (Å²) in [4.78, 5) is 3.93. The van der Waals surface area contributed by atoms with Gasteiger partial charge in [0.2, 0.25) is 0 Å². The van der Waals surface area contributed by atoms with Crippen LogP contribution in [0.25, 0.3) is 0 Å². The van der Waals surface area contributed by atoms with E-state index in [1.165, 1.54) is 10.8 Å². The Labute approximate surface area is 69.4 Å². The van der Waals surface area contributed by atoms with E-state index in [9.17, 15) is 8.78 Å². The van der Waals surface area contributed by atoms with Gasteiger partial charge in [-0.1, -0.05) is 0 Å². The van der Waals surface area contributed by atoms with Crippen molar-refractivity contribution < 1.29 is 8.78 Å². The third-order valence-corrected chi connectivity index (χ3v) is 1.47. The zero-order chi connectivity index (χ0) is 8.97. The maximum atomic E-state index is 11.9. The first-order valence-corrected chi connectivity index (χ1v) is 3.66. The molecule has 0 radical (unpaired) electrons. The van der Waals surface area contributed by atoms with Gasteiger partial charge in [-0.25, -0.2) is 13.8 Å². The maximum Gasteiger partial charge on any atom is 0.256 e. The Hall–Kier alpha value is -0.970. The van der Waals surface area contributed by atoms with Crippen LogP contribution in [0.4, 0.5) is 8.78 Å². The lowest BCUT2D eigenvalue weighted by Crippen LogP contribution is -2.14. The number of imidazole rings is 1. The third-order valence-electron chi connectivity index (χ3n) is 1.47. The first kappa shape index (κ1) is 9.12. The van der Waals surface area contributed by atoms with Crippen molar-refractivity contribution in [3.05, 3.63) is 18.2 Å². The number of alkyl halides is 2. The van der Waals surface area contributed by atoms with Crippen LogP contribution < -0.4 is 5.32 Å². The standard InChI is InChI=1S/C7H11F2N3/c1-10-4-7-11-2-3-12(7)5-6(8)9/h2-3,6,10H,4-5H2,1H3. The van der Waals surface area contributed by atoms with Crippen molar-refractivity contribution in [1.82, 2.24) is 14.9 Å². The Morgan fingerprint density at radius 3 is 3.00 bits per heavy atom. The molecule has 0 aromatic carbocycles. The largest absolute Gasteiger partial charge is 0.328 e. The van der Waals surface area contributed by atoms with Crippen LogP contribution in [-0.2, 0) is 13.1 Å². The van der Waals surface area contributed by atoms with Gasteiger partial charge in [-0.15, -0.1) is 0 Å². The van der Waals surface area contributed by atoms with Crippen LogP contribution in [0, 0.1) is 0 Å². The van der Waals surface area contributed by atoms with Gasteiger partial charge >= 0.3 is 0 Å². The molecule has 0 amide bonds. The van der Waals surface area contributed by atoms with Gasteiger partial charge in [-0.3, -0.25) is 0 Å². The highest BCUT2D eigenvalue weighted by Gasteiger charge is 2.07. The molecule has 0 fully saturated rings. The normalized spacial score (nSPS) is 11.0. The highest BCUT2D eigenvalue weighted by Crippen LogP contribution is 2.02.